The number of thiophene rings is 1. The van der Waals surface area contributed by atoms with Crippen LogP contribution < -0.4 is 5.32 Å². The molecule has 1 aromatic heterocycles. The van der Waals surface area contributed by atoms with Gasteiger partial charge in [-0.1, -0.05) is 0 Å². The minimum Gasteiger partial charge on any atom is -0.478 e. The first kappa shape index (κ1) is 15.7. The van der Waals surface area contributed by atoms with E-state index in [9.17, 15) is 9.59 Å². The molecule has 8 heteroatoms. The van der Waals surface area contributed by atoms with Crippen LogP contribution in [0.15, 0.2) is 11.4 Å². The van der Waals surface area contributed by atoms with Gasteiger partial charge in [0.1, 0.15) is 5.00 Å². The lowest BCUT2D eigenvalue weighted by atomic mass is 10.1. The molecule has 3 N–H and O–H groups in total. The number of carboxylic acids is 1. The van der Waals surface area contributed by atoms with Crippen LogP contribution in [0, 0.1) is 0 Å². The fraction of sp³-hybridized carbons (Fsp3) is 0.538. The fourth-order valence-corrected chi connectivity index (χ4v) is 2.96. The molecular weight excluding hydrogens is 296 g/mol. The number of aliphatic hydroxyl groups excluding tert-OH is 1. The Morgan fingerprint density at radius 1 is 1.43 bits per heavy atom. The van der Waals surface area contributed by atoms with Crippen molar-refractivity contribution in [2.45, 2.75) is 18.9 Å². The Hall–Kier alpha value is -1.64. The minimum absolute atomic E-state index is 0.00293. The molecular formula is C13H18N2O5S. The number of nitrogens with zero attached hydrogens (tertiary/aromatic N) is 1. The van der Waals surface area contributed by atoms with Crippen LogP contribution in [-0.2, 0) is 4.74 Å². The molecule has 0 bridgehead atoms. The summed E-state index contributed by atoms with van der Waals surface area (Å²) in [7, 11) is 0. The number of carboxylic acid groups (broad SMARTS) is 1. The number of rotatable bonds is 5. The van der Waals surface area contributed by atoms with Crippen molar-refractivity contribution in [1.29, 1.82) is 0 Å². The van der Waals surface area contributed by atoms with Crippen molar-refractivity contribution in [3.05, 3.63) is 17.0 Å². The van der Waals surface area contributed by atoms with Crippen molar-refractivity contribution in [1.82, 2.24) is 4.90 Å². The van der Waals surface area contributed by atoms with E-state index in [0.29, 0.717) is 37.5 Å². The van der Waals surface area contributed by atoms with Crippen LogP contribution in [0.3, 0.4) is 0 Å². The third kappa shape index (κ3) is 4.16. The van der Waals surface area contributed by atoms with Crippen LogP contribution in [0.1, 0.15) is 23.2 Å². The molecule has 2 heterocycles. The molecule has 2 amide bonds. The van der Waals surface area contributed by atoms with Gasteiger partial charge in [0.25, 0.3) is 0 Å². The Labute approximate surface area is 126 Å². The van der Waals surface area contributed by atoms with E-state index < -0.39 is 5.97 Å². The third-order valence-corrected chi connectivity index (χ3v) is 4.12. The Bertz CT molecular complexity index is 497. The Kier molecular flexibility index (Phi) is 5.54. The van der Waals surface area contributed by atoms with E-state index in [1.165, 1.54) is 17.4 Å². The molecule has 0 atom stereocenters. The Morgan fingerprint density at radius 3 is 2.76 bits per heavy atom. The number of carbonyl (C=O) groups excluding carboxylic acids is 1. The number of hydrogen-bond acceptors (Lipinski definition) is 5. The first-order valence-corrected chi connectivity index (χ1v) is 7.59. The Morgan fingerprint density at radius 2 is 2.14 bits per heavy atom. The largest absolute Gasteiger partial charge is 0.478 e. The van der Waals surface area contributed by atoms with Crippen molar-refractivity contribution in [3.8, 4) is 0 Å². The molecule has 0 saturated carbocycles. The minimum atomic E-state index is -1.05. The monoisotopic (exact) mass is 314 g/mol. The van der Waals surface area contributed by atoms with Crippen molar-refractivity contribution >= 4 is 28.3 Å². The van der Waals surface area contributed by atoms with E-state index in [0.717, 1.165) is 0 Å². The molecule has 1 aromatic rings. The lowest BCUT2D eigenvalue weighted by Gasteiger charge is -2.31. The van der Waals surface area contributed by atoms with Gasteiger partial charge in [0.15, 0.2) is 0 Å². The van der Waals surface area contributed by atoms with Gasteiger partial charge in [-0.3, -0.25) is 5.32 Å². The molecule has 2 rings (SSSR count). The fourth-order valence-electron chi connectivity index (χ4n) is 2.20. The highest BCUT2D eigenvalue weighted by Gasteiger charge is 2.24. The van der Waals surface area contributed by atoms with Gasteiger partial charge >= 0.3 is 12.0 Å². The van der Waals surface area contributed by atoms with Crippen molar-refractivity contribution in [2.75, 3.05) is 31.6 Å². The molecule has 0 radical (unpaired) electrons. The van der Waals surface area contributed by atoms with Crippen LogP contribution in [0.4, 0.5) is 9.80 Å². The smallest absolute Gasteiger partial charge is 0.338 e. The van der Waals surface area contributed by atoms with E-state index in [2.05, 4.69) is 5.32 Å². The van der Waals surface area contributed by atoms with Crippen molar-refractivity contribution in [2.24, 2.45) is 0 Å². The first-order chi connectivity index (χ1) is 10.1. The number of urea groups is 1. The summed E-state index contributed by atoms with van der Waals surface area (Å²) in [6.45, 7) is 1.41. The maximum Gasteiger partial charge on any atom is 0.338 e. The van der Waals surface area contributed by atoms with Gasteiger partial charge in [-0.25, -0.2) is 9.59 Å². The summed E-state index contributed by atoms with van der Waals surface area (Å²) < 4.78 is 5.43. The number of carbonyl (C=O) groups is 2. The molecule has 1 saturated heterocycles. The SMILES string of the molecule is O=C(O)c1ccsc1NC(=O)N1CCC(OCCO)CC1. The number of likely N-dealkylation sites (tertiary alicyclic amines) is 1. The van der Waals surface area contributed by atoms with E-state index in [-0.39, 0.29) is 24.3 Å². The Balaban J connectivity index is 1.85. The average Bonchev–Trinajstić information content (AvgIpc) is 2.94. The highest BCUT2D eigenvalue weighted by atomic mass is 32.1. The highest BCUT2D eigenvalue weighted by molar-refractivity contribution is 7.14. The zero-order chi connectivity index (χ0) is 15.2. The molecule has 7 nitrogen and oxygen atoms in total. The number of aromatic carboxylic acids is 1. The second-order valence-electron chi connectivity index (χ2n) is 4.68. The zero-order valence-electron chi connectivity index (χ0n) is 11.4. The number of nitrogens with one attached hydrogen (secondary N) is 1. The highest BCUT2D eigenvalue weighted by Crippen LogP contribution is 2.24. The molecule has 0 aromatic carbocycles. The third-order valence-electron chi connectivity index (χ3n) is 3.29. The maximum atomic E-state index is 12.1. The summed E-state index contributed by atoms with van der Waals surface area (Å²) in [4.78, 5) is 24.7. The number of hydrogen-bond donors (Lipinski definition) is 3. The lowest BCUT2D eigenvalue weighted by molar-refractivity contribution is -0.000872. The van der Waals surface area contributed by atoms with Gasteiger partial charge in [0.2, 0.25) is 0 Å². The molecule has 1 aliphatic rings. The zero-order valence-corrected chi connectivity index (χ0v) is 12.3. The predicted octanol–water partition coefficient (Wildman–Crippen LogP) is 1.45. The second-order valence-corrected chi connectivity index (χ2v) is 5.60. The number of aliphatic hydroxyl groups is 1. The van der Waals surface area contributed by atoms with Gasteiger partial charge in [-0.15, -0.1) is 11.3 Å². The van der Waals surface area contributed by atoms with Crippen LogP contribution in [-0.4, -0.2) is 59.5 Å². The van der Waals surface area contributed by atoms with E-state index in [1.54, 1.807) is 10.3 Å². The first-order valence-electron chi connectivity index (χ1n) is 6.71. The summed E-state index contributed by atoms with van der Waals surface area (Å²) in [6.07, 6.45) is 1.49. The molecule has 0 unspecified atom stereocenters. The summed E-state index contributed by atoms with van der Waals surface area (Å²) >= 11 is 1.19. The quantitative estimate of drug-likeness (QED) is 0.764. The normalized spacial score (nSPS) is 16.0. The topological polar surface area (TPSA) is 99.1 Å². The number of piperidine rings is 1. The van der Waals surface area contributed by atoms with Crippen LogP contribution >= 0.6 is 11.3 Å². The standard InChI is InChI=1S/C13H18N2O5S/c16-6-7-20-9-1-4-15(5-2-9)13(19)14-11-10(12(17)18)3-8-21-11/h3,8-9,16H,1-2,4-7H2,(H,14,19)(H,17,18). The number of amides is 2. The number of ether oxygens (including phenoxy) is 1. The van der Waals surface area contributed by atoms with Gasteiger partial charge in [-0.2, -0.15) is 0 Å². The summed E-state index contributed by atoms with van der Waals surface area (Å²) in [6, 6.07) is 1.18. The summed E-state index contributed by atoms with van der Waals surface area (Å²) in [5.41, 5.74) is 0.106. The van der Waals surface area contributed by atoms with Gasteiger partial charge in [-0.05, 0) is 24.3 Å². The van der Waals surface area contributed by atoms with Crippen molar-refractivity contribution < 1.29 is 24.5 Å². The summed E-state index contributed by atoms with van der Waals surface area (Å²) in [5.74, 6) is -1.05. The van der Waals surface area contributed by atoms with Gasteiger partial charge < -0.3 is 19.8 Å². The van der Waals surface area contributed by atoms with Gasteiger partial charge in [0.05, 0.1) is 24.9 Å². The van der Waals surface area contributed by atoms with Crippen LogP contribution in [0.25, 0.3) is 0 Å². The average molecular weight is 314 g/mol. The molecule has 1 aliphatic heterocycles. The van der Waals surface area contributed by atoms with E-state index in [4.69, 9.17) is 14.9 Å². The van der Waals surface area contributed by atoms with Crippen molar-refractivity contribution in [3.63, 3.8) is 0 Å². The molecule has 116 valence electrons. The second kappa shape index (κ2) is 7.39. The van der Waals surface area contributed by atoms with Gasteiger partial charge in [0, 0.05) is 13.1 Å². The number of anilines is 1. The van der Waals surface area contributed by atoms with Crippen LogP contribution in [0.5, 0.6) is 0 Å². The van der Waals surface area contributed by atoms with E-state index >= 15 is 0 Å². The van der Waals surface area contributed by atoms with E-state index in [1.807, 2.05) is 0 Å². The molecule has 0 spiro atoms. The predicted molar refractivity (Wildman–Crippen MR) is 77.9 cm³/mol. The molecule has 21 heavy (non-hydrogen) atoms. The lowest BCUT2D eigenvalue weighted by Crippen LogP contribution is -2.43. The molecule has 1 fully saturated rings. The van der Waals surface area contributed by atoms with Crippen LogP contribution in [0.2, 0.25) is 0 Å². The summed E-state index contributed by atoms with van der Waals surface area (Å²) in [5, 5.41) is 22.3. The maximum absolute atomic E-state index is 12.1. The molecule has 0 aliphatic carbocycles.